The molecule has 1 atom stereocenters. The highest BCUT2D eigenvalue weighted by atomic mass is 31.1. The van der Waals surface area contributed by atoms with Crippen molar-refractivity contribution in [2.75, 3.05) is 7.05 Å². The normalized spacial score (nSPS) is 21.7. The van der Waals surface area contributed by atoms with Crippen LogP contribution in [-0.2, 0) is 6.54 Å². The Balaban J connectivity index is 1.87. The first-order valence-corrected chi connectivity index (χ1v) is 13.0. The van der Waals surface area contributed by atoms with Gasteiger partial charge in [-0.05, 0) is 55.0 Å². The Kier molecular flexibility index (Phi) is 7.81. The van der Waals surface area contributed by atoms with Crippen LogP contribution in [0.25, 0.3) is 0 Å². The Morgan fingerprint density at radius 3 is 1.78 bits per heavy atom. The van der Waals surface area contributed by atoms with Gasteiger partial charge in [-0.2, -0.15) is 0 Å². The standard InChI is InChI=1S/C25H42NP/c1-25(2,3)24(26(4)20-21-14-8-5-9-15-21)27(22-16-10-6-11-17-22)23-18-12-7-13-19-23/h5,8-9,14-15,22-24H,6-7,10-13,16-20H2,1-4H3. The maximum atomic E-state index is 2.75. The fourth-order valence-electron chi connectivity index (χ4n) is 5.75. The van der Waals surface area contributed by atoms with E-state index in [2.05, 4.69) is 63.1 Å². The summed E-state index contributed by atoms with van der Waals surface area (Å²) in [7, 11) is 2.46. The van der Waals surface area contributed by atoms with Crippen molar-refractivity contribution < 1.29 is 0 Å². The average molecular weight is 388 g/mol. The topological polar surface area (TPSA) is 3.24 Å². The Hall–Kier alpha value is -0.390. The summed E-state index contributed by atoms with van der Waals surface area (Å²) in [4.78, 5) is 2.75. The van der Waals surface area contributed by atoms with Crippen molar-refractivity contribution in [1.82, 2.24) is 4.90 Å². The van der Waals surface area contributed by atoms with Crippen molar-refractivity contribution in [3.8, 4) is 0 Å². The minimum absolute atomic E-state index is 0.0418. The van der Waals surface area contributed by atoms with Crippen molar-refractivity contribution >= 4 is 7.92 Å². The molecule has 0 bridgehead atoms. The van der Waals surface area contributed by atoms with E-state index < -0.39 is 0 Å². The van der Waals surface area contributed by atoms with Crippen LogP contribution in [-0.4, -0.2) is 29.0 Å². The summed E-state index contributed by atoms with van der Waals surface area (Å²) in [6, 6.07) is 11.1. The molecule has 27 heavy (non-hydrogen) atoms. The molecule has 0 aromatic heterocycles. The highest BCUT2D eigenvalue weighted by molar-refractivity contribution is 7.59. The largest absolute Gasteiger partial charge is 0.295 e. The summed E-state index contributed by atoms with van der Waals surface area (Å²) >= 11 is 0. The first-order valence-electron chi connectivity index (χ1n) is 11.5. The van der Waals surface area contributed by atoms with Crippen molar-refractivity contribution in [3.63, 3.8) is 0 Å². The van der Waals surface area contributed by atoms with Crippen LogP contribution in [0.1, 0.15) is 90.5 Å². The van der Waals surface area contributed by atoms with Gasteiger partial charge in [0.1, 0.15) is 0 Å². The number of nitrogens with zero attached hydrogens (tertiary/aromatic N) is 1. The van der Waals surface area contributed by atoms with E-state index in [1.165, 1.54) is 69.8 Å². The molecule has 0 heterocycles. The van der Waals surface area contributed by atoms with E-state index in [4.69, 9.17) is 0 Å². The van der Waals surface area contributed by atoms with E-state index in [0.29, 0.717) is 5.41 Å². The number of rotatable bonds is 6. The number of hydrogen-bond donors (Lipinski definition) is 0. The quantitative estimate of drug-likeness (QED) is 0.453. The molecule has 1 aromatic rings. The van der Waals surface area contributed by atoms with Gasteiger partial charge in [0, 0.05) is 12.3 Å². The van der Waals surface area contributed by atoms with Gasteiger partial charge in [-0.3, -0.25) is 4.90 Å². The summed E-state index contributed by atoms with van der Waals surface area (Å²) in [6.07, 6.45) is 14.9. The molecular weight excluding hydrogens is 345 g/mol. The molecule has 0 spiro atoms. The Bertz CT molecular complexity index is 519. The summed E-state index contributed by atoms with van der Waals surface area (Å²) in [6.45, 7) is 8.64. The molecule has 1 unspecified atom stereocenters. The molecule has 2 saturated carbocycles. The van der Waals surface area contributed by atoms with E-state index >= 15 is 0 Å². The van der Waals surface area contributed by atoms with Crippen LogP contribution >= 0.6 is 7.92 Å². The van der Waals surface area contributed by atoms with Gasteiger partial charge in [-0.15, -0.1) is 0 Å². The summed E-state index contributed by atoms with van der Waals surface area (Å²) < 4.78 is 0. The molecule has 0 aliphatic heterocycles. The Morgan fingerprint density at radius 2 is 1.33 bits per heavy atom. The summed E-state index contributed by atoms with van der Waals surface area (Å²) in [5, 5.41) is 0. The van der Waals surface area contributed by atoms with E-state index in [1.54, 1.807) is 0 Å². The molecule has 0 saturated heterocycles. The second kappa shape index (κ2) is 9.89. The highest BCUT2D eigenvalue weighted by Crippen LogP contribution is 2.63. The zero-order valence-electron chi connectivity index (χ0n) is 18.3. The first kappa shape index (κ1) is 21.3. The maximum absolute atomic E-state index is 2.75. The van der Waals surface area contributed by atoms with Gasteiger partial charge < -0.3 is 0 Å². The van der Waals surface area contributed by atoms with Gasteiger partial charge in [-0.25, -0.2) is 0 Å². The zero-order chi connectivity index (χ0) is 19.3. The second-order valence-electron chi connectivity index (χ2n) is 10.2. The molecule has 152 valence electrons. The molecule has 2 heteroatoms. The first-order chi connectivity index (χ1) is 13.0. The van der Waals surface area contributed by atoms with Crippen LogP contribution in [0, 0.1) is 5.41 Å². The molecule has 1 nitrogen and oxygen atoms in total. The lowest BCUT2D eigenvalue weighted by Gasteiger charge is -2.51. The predicted molar refractivity (Wildman–Crippen MR) is 122 cm³/mol. The molecule has 3 rings (SSSR count). The minimum atomic E-state index is 0.0418. The van der Waals surface area contributed by atoms with Crippen LogP contribution in [0.15, 0.2) is 30.3 Å². The third-order valence-electron chi connectivity index (χ3n) is 6.74. The molecule has 2 aliphatic rings. The van der Waals surface area contributed by atoms with Crippen molar-refractivity contribution in [1.29, 1.82) is 0 Å². The van der Waals surface area contributed by atoms with E-state index in [1.807, 2.05) is 0 Å². The van der Waals surface area contributed by atoms with Gasteiger partial charge in [0.05, 0.1) is 0 Å². The smallest absolute Gasteiger partial charge is 0.0350 e. The summed E-state index contributed by atoms with van der Waals surface area (Å²) in [5.41, 5.74) is 3.85. The molecule has 0 amide bonds. The Morgan fingerprint density at radius 1 is 0.852 bits per heavy atom. The third-order valence-corrected chi connectivity index (χ3v) is 11.2. The van der Waals surface area contributed by atoms with Gasteiger partial charge in [-0.1, -0.05) is 97.5 Å². The average Bonchev–Trinajstić information content (AvgIpc) is 2.67. The molecule has 2 fully saturated rings. The van der Waals surface area contributed by atoms with E-state index in [0.717, 1.165) is 23.6 Å². The minimum Gasteiger partial charge on any atom is -0.295 e. The molecular formula is C25H42NP. The lowest BCUT2D eigenvalue weighted by molar-refractivity contribution is 0.182. The van der Waals surface area contributed by atoms with Gasteiger partial charge >= 0.3 is 0 Å². The molecule has 0 radical (unpaired) electrons. The van der Waals surface area contributed by atoms with Crippen molar-refractivity contribution in [3.05, 3.63) is 35.9 Å². The third kappa shape index (κ3) is 5.80. The lowest BCUT2D eigenvalue weighted by atomic mass is 9.95. The van der Waals surface area contributed by atoms with E-state index in [-0.39, 0.29) is 7.92 Å². The Labute approximate surface area is 170 Å². The summed E-state index contributed by atoms with van der Waals surface area (Å²) in [5.74, 6) is 0.735. The van der Waals surface area contributed by atoms with Crippen molar-refractivity contribution in [2.24, 2.45) is 5.41 Å². The van der Waals surface area contributed by atoms with Gasteiger partial charge in [0.15, 0.2) is 0 Å². The molecule has 2 aliphatic carbocycles. The number of benzene rings is 1. The van der Waals surface area contributed by atoms with Crippen LogP contribution < -0.4 is 0 Å². The lowest BCUT2D eigenvalue weighted by Crippen LogP contribution is -2.44. The maximum Gasteiger partial charge on any atom is 0.0350 e. The highest BCUT2D eigenvalue weighted by Gasteiger charge is 2.43. The number of hydrogen-bond acceptors (Lipinski definition) is 1. The van der Waals surface area contributed by atoms with Crippen LogP contribution in [0.2, 0.25) is 0 Å². The fourth-order valence-corrected chi connectivity index (χ4v) is 10.5. The van der Waals surface area contributed by atoms with Gasteiger partial charge in [0.2, 0.25) is 0 Å². The molecule has 1 aromatic carbocycles. The monoisotopic (exact) mass is 387 g/mol. The van der Waals surface area contributed by atoms with Crippen LogP contribution in [0.5, 0.6) is 0 Å². The second-order valence-corrected chi connectivity index (χ2v) is 13.0. The fraction of sp³-hybridized carbons (Fsp3) is 0.760. The van der Waals surface area contributed by atoms with Crippen molar-refractivity contribution in [2.45, 2.75) is 109 Å². The van der Waals surface area contributed by atoms with Crippen LogP contribution in [0.3, 0.4) is 0 Å². The van der Waals surface area contributed by atoms with E-state index in [9.17, 15) is 0 Å². The predicted octanol–water partition coefficient (Wildman–Crippen LogP) is 7.64. The van der Waals surface area contributed by atoms with Crippen LogP contribution in [0.4, 0.5) is 0 Å². The molecule has 0 N–H and O–H groups in total. The zero-order valence-corrected chi connectivity index (χ0v) is 19.2. The SMILES string of the molecule is CN(Cc1ccccc1)C(P(C1CCCCC1)C1CCCCC1)C(C)(C)C. The van der Waals surface area contributed by atoms with Gasteiger partial charge in [0.25, 0.3) is 0 Å².